The van der Waals surface area contributed by atoms with Crippen LogP contribution in [0.5, 0.6) is 0 Å². The summed E-state index contributed by atoms with van der Waals surface area (Å²) in [6, 6.07) is 13.8. The maximum atomic E-state index is 11.8. The fourth-order valence-corrected chi connectivity index (χ4v) is 6.25. The first-order valence-corrected chi connectivity index (χ1v) is 20.1. The van der Waals surface area contributed by atoms with Gasteiger partial charge in [0.25, 0.3) is 10.1 Å². The highest BCUT2D eigenvalue weighted by Crippen LogP contribution is 2.30. The second-order valence-electron chi connectivity index (χ2n) is 9.09. The maximum absolute atomic E-state index is 11.8. The predicted molar refractivity (Wildman–Crippen MR) is 179 cm³/mol. The molecule has 1 amide bonds. The maximum Gasteiger partial charge on any atom is 0.425 e. The first kappa shape index (κ1) is 47.1. The number of hydrogen-bond acceptors (Lipinski definition) is 20. The Hall–Kier alpha value is -4.90. The van der Waals surface area contributed by atoms with Gasteiger partial charge in [-0.15, -0.1) is 30.4 Å². The van der Waals surface area contributed by atoms with E-state index >= 15 is 0 Å². The van der Waals surface area contributed by atoms with Crippen molar-refractivity contribution in [3.05, 3.63) is 66.2 Å². The predicted octanol–water partition coefficient (Wildman–Crippen LogP) is -0.117. The second-order valence-corrected chi connectivity index (χ2v) is 15.5. The van der Waals surface area contributed by atoms with Crippen molar-refractivity contribution in [1.82, 2.24) is 0 Å². The lowest BCUT2D eigenvalue weighted by Crippen LogP contribution is -2.13. The number of nitrogens with zero attached hydrogens (tertiary/aromatic N) is 4. The zero-order valence-corrected chi connectivity index (χ0v) is 30.5. The molecule has 0 aliphatic rings. The lowest BCUT2D eigenvalue weighted by atomic mass is 10.1. The van der Waals surface area contributed by atoms with Crippen molar-refractivity contribution < 1.29 is 70.1 Å². The number of aliphatic hydroxyl groups is 2. The van der Waals surface area contributed by atoms with Gasteiger partial charge in [0.2, 0.25) is 5.91 Å². The molecule has 0 atom stereocenters. The quantitative estimate of drug-likeness (QED) is 0.0902. The fourth-order valence-electron chi connectivity index (χ4n) is 3.45. The summed E-state index contributed by atoms with van der Waals surface area (Å²) >= 11 is 0. The summed E-state index contributed by atoms with van der Waals surface area (Å²) in [4.78, 5) is 10.2. The summed E-state index contributed by atoms with van der Waals surface area (Å²) in [7, 11) is -16.9. The Balaban J connectivity index is 0.000000848. The first-order chi connectivity index (χ1) is 24.0. The Morgan fingerprint density at radius 3 is 1.65 bits per heavy atom. The standard InChI is InChI=1S/C16H18N4O4S.C9H12N2O6S2.2O3S/c17-14-3-1-2-11(10-15(18)22)16(14)20-19-12-4-6-13(7-5-12)25(23,24)9-8-21;1-10-11-8-3-2-7(18(13,14)5-4-12)6-9(8)19(15,16)17;2*1-4(2)3/h1-7,21H,8-10,17H2,(H2,18,22);2-3,6,12H,4-5H2,1H3,(H,15,16,17);;. The van der Waals surface area contributed by atoms with Crippen LogP contribution < -0.4 is 11.5 Å². The molecule has 27 heteroatoms. The minimum absolute atomic E-state index is 0.0161. The molecule has 3 aromatic carbocycles. The van der Waals surface area contributed by atoms with E-state index in [1.807, 2.05) is 0 Å². The molecule has 0 radical (unpaired) electrons. The number of benzene rings is 3. The number of rotatable bonds is 12. The van der Waals surface area contributed by atoms with Crippen LogP contribution in [0, 0.1) is 0 Å². The van der Waals surface area contributed by atoms with Crippen LogP contribution >= 0.6 is 0 Å². The van der Waals surface area contributed by atoms with Crippen molar-refractivity contribution in [1.29, 1.82) is 0 Å². The Bertz CT molecular complexity index is 2280. The van der Waals surface area contributed by atoms with E-state index < -0.39 is 80.8 Å². The Kier molecular flexibility index (Phi) is 20.0. The van der Waals surface area contributed by atoms with Gasteiger partial charge in [-0.1, -0.05) is 12.1 Å². The number of carbonyl (C=O) groups is 1. The molecule has 7 N–H and O–H groups in total. The normalized spacial score (nSPS) is 11.3. The van der Waals surface area contributed by atoms with E-state index in [9.17, 15) is 30.0 Å². The molecule has 0 unspecified atom stereocenters. The molecule has 0 heterocycles. The molecule has 0 aromatic heterocycles. The smallest absolute Gasteiger partial charge is 0.397 e. The largest absolute Gasteiger partial charge is 0.425 e. The topological polar surface area (TPSA) is 384 Å². The Morgan fingerprint density at radius 2 is 1.21 bits per heavy atom. The van der Waals surface area contributed by atoms with Gasteiger partial charge in [-0.2, -0.15) is 23.8 Å². The summed E-state index contributed by atoms with van der Waals surface area (Å²) in [5, 5.41) is 32.4. The molecule has 0 fully saturated rings. The van der Waals surface area contributed by atoms with Crippen LogP contribution in [0.1, 0.15) is 5.56 Å². The van der Waals surface area contributed by atoms with E-state index in [-0.39, 0.29) is 27.7 Å². The SMILES string of the molecule is CN=Nc1ccc(S(=O)(=O)CCO)cc1S(=O)(=O)O.NC(=O)Cc1cccc(N)c1N=Nc1ccc(S(=O)(=O)CCO)cc1.O=S(=O)=O.O=S(=O)=O. The third-order valence-corrected chi connectivity index (χ3v) is 9.76. The zero-order valence-electron chi connectivity index (χ0n) is 26.4. The molecule has 0 saturated carbocycles. The van der Waals surface area contributed by atoms with Crippen molar-refractivity contribution in [3.63, 3.8) is 0 Å². The van der Waals surface area contributed by atoms with Crippen LogP contribution in [0.25, 0.3) is 0 Å². The highest BCUT2D eigenvalue weighted by atomic mass is 32.2. The van der Waals surface area contributed by atoms with Crippen molar-refractivity contribution in [2.24, 2.45) is 26.2 Å². The van der Waals surface area contributed by atoms with Crippen LogP contribution in [-0.2, 0) is 62.2 Å². The molecule has 0 aliphatic carbocycles. The highest BCUT2D eigenvalue weighted by Gasteiger charge is 2.21. The third-order valence-electron chi connectivity index (χ3n) is 5.47. The average Bonchev–Trinajstić information content (AvgIpc) is 3.00. The van der Waals surface area contributed by atoms with E-state index in [0.29, 0.717) is 22.6 Å². The van der Waals surface area contributed by atoms with Crippen LogP contribution in [0.4, 0.5) is 22.7 Å². The highest BCUT2D eigenvalue weighted by molar-refractivity contribution is 7.91. The monoisotopic (exact) mass is 830 g/mol. The summed E-state index contributed by atoms with van der Waals surface area (Å²) in [6.07, 6.45) is -0.0161. The van der Waals surface area contributed by atoms with Gasteiger partial charge >= 0.3 is 21.2 Å². The van der Waals surface area contributed by atoms with Gasteiger partial charge in [-0.3, -0.25) is 9.35 Å². The molecule has 0 saturated heterocycles. The summed E-state index contributed by atoms with van der Waals surface area (Å²) in [5.74, 6) is -1.40. The zero-order chi connectivity index (χ0) is 40.3. The molecule has 3 aromatic rings. The minimum atomic E-state index is -4.63. The number of nitrogen functional groups attached to an aromatic ring is 1. The van der Waals surface area contributed by atoms with Crippen molar-refractivity contribution in [3.8, 4) is 0 Å². The van der Waals surface area contributed by atoms with Crippen molar-refractivity contribution in [2.45, 2.75) is 21.1 Å². The molecule has 22 nitrogen and oxygen atoms in total. The fraction of sp³-hybridized carbons (Fsp3) is 0.240. The summed E-state index contributed by atoms with van der Waals surface area (Å²) < 4.78 is 129. The molecule has 0 aliphatic heterocycles. The van der Waals surface area contributed by atoms with E-state index in [1.165, 1.54) is 31.3 Å². The summed E-state index contributed by atoms with van der Waals surface area (Å²) in [6.45, 7) is -1.04. The number of amides is 1. The Morgan fingerprint density at radius 1 is 0.731 bits per heavy atom. The first-order valence-electron chi connectivity index (χ1n) is 13.3. The minimum Gasteiger partial charge on any atom is -0.397 e. The van der Waals surface area contributed by atoms with Gasteiger partial charge in [0.05, 0.1) is 52.3 Å². The van der Waals surface area contributed by atoms with Crippen molar-refractivity contribution in [2.75, 3.05) is 37.5 Å². The number of carbonyl (C=O) groups excluding carboxylic acids is 1. The van der Waals surface area contributed by atoms with Crippen molar-refractivity contribution >= 4 is 79.7 Å². The lowest BCUT2D eigenvalue weighted by Gasteiger charge is -2.06. The molecule has 0 spiro atoms. The Labute approximate surface area is 299 Å². The van der Waals surface area contributed by atoms with Crippen LogP contribution in [0.3, 0.4) is 0 Å². The second kappa shape index (κ2) is 22.1. The lowest BCUT2D eigenvalue weighted by molar-refractivity contribution is -0.117. The van der Waals surface area contributed by atoms with E-state index in [1.54, 1.807) is 18.2 Å². The molecule has 286 valence electrons. The van der Waals surface area contributed by atoms with E-state index in [0.717, 1.165) is 18.2 Å². The molecular formula is C25H30N6O16S5. The van der Waals surface area contributed by atoms with Crippen LogP contribution in [-0.4, -0.2) is 103 Å². The van der Waals surface area contributed by atoms with Gasteiger partial charge in [0, 0.05) is 7.05 Å². The number of primary amides is 1. The van der Waals surface area contributed by atoms with Gasteiger partial charge in [0.15, 0.2) is 19.7 Å². The average molecular weight is 831 g/mol. The van der Waals surface area contributed by atoms with Gasteiger partial charge in [-0.25, -0.2) is 16.8 Å². The number of azo groups is 2. The molecule has 3 rings (SSSR count). The molecule has 52 heavy (non-hydrogen) atoms. The van der Waals surface area contributed by atoms with Gasteiger partial charge in [0.1, 0.15) is 16.3 Å². The number of sulfone groups is 2. The van der Waals surface area contributed by atoms with Crippen LogP contribution in [0.2, 0.25) is 0 Å². The number of anilines is 1. The molecular weight excluding hydrogens is 801 g/mol. The number of hydrogen-bond donors (Lipinski definition) is 5. The van der Waals surface area contributed by atoms with Gasteiger partial charge < -0.3 is 21.7 Å². The van der Waals surface area contributed by atoms with Crippen LogP contribution in [0.15, 0.2) is 95.8 Å². The summed E-state index contributed by atoms with van der Waals surface area (Å²) in [5.41, 5.74) is 12.6. The molecule has 0 bridgehead atoms. The third kappa shape index (κ3) is 17.8. The van der Waals surface area contributed by atoms with E-state index in [4.69, 9.17) is 51.5 Å². The number of aliphatic hydroxyl groups excluding tert-OH is 2. The van der Waals surface area contributed by atoms with E-state index in [2.05, 4.69) is 20.5 Å². The van der Waals surface area contributed by atoms with Gasteiger partial charge in [-0.05, 0) is 54.1 Å². The number of nitrogens with two attached hydrogens (primary N) is 2.